The van der Waals surface area contributed by atoms with Gasteiger partial charge in [-0.2, -0.15) is 8.42 Å². The zero-order valence-corrected chi connectivity index (χ0v) is 15.6. The molecule has 0 aliphatic carbocycles. The van der Waals surface area contributed by atoms with E-state index in [1.807, 2.05) is 0 Å². The van der Waals surface area contributed by atoms with Crippen LogP contribution in [0.1, 0.15) is 26.7 Å². The summed E-state index contributed by atoms with van der Waals surface area (Å²) < 4.78 is 56.1. The van der Waals surface area contributed by atoms with E-state index in [2.05, 4.69) is 0 Å². The number of benzene rings is 2. The molecule has 0 saturated carbocycles. The number of aromatic hydroxyl groups is 4. The van der Waals surface area contributed by atoms with Crippen molar-refractivity contribution in [3.8, 4) is 23.0 Å². The van der Waals surface area contributed by atoms with Crippen LogP contribution >= 0.6 is 0 Å². The van der Waals surface area contributed by atoms with E-state index in [1.54, 1.807) is 0 Å². The zero-order chi connectivity index (χ0) is 21.6. The first-order valence-electron chi connectivity index (χ1n) is 7.16. The molecule has 2 aromatic rings. The van der Waals surface area contributed by atoms with Crippen LogP contribution in [0.15, 0.2) is 29.2 Å². The fraction of sp³-hybridized carbons (Fsp3) is 0.133. The lowest BCUT2D eigenvalue weighted by Gasteiger charge is -2.20. The Balaban J connectivity index is 2.90. The molecule has 0 aliphatic rings. The first-order chi connectivity index (χ1) is 12.6. The van der Waals surface area contributed by atoms with E-state index in [0.29, 0.717) is 24.5 Å². The summed E-state index contributed by atoms with van der Waals surface area (Å²) in [4.78, 5) is 10.1. The van der Waals surface area contributed by atoms with E-state index in [-0.39, 0.29) is 0 Å². The minimum absolute atomic E-state index is 0.385. The summed E-state index contributed by atoms with van der Waals surface area (Å²) in [6, 6.07) is 2.31. The largest absolute Gasteiger partial charge is 0.508 e. The number of carboxylic acids is 1. The number of rotatable bonds is 5. The van der Waals surface area contributed by atoms with Crippen LogP contribution in [0.5, 0.6) is 23.0 Å². The second kappa shape index (κ2) is 6.85. The number of hydrogen-bond acceptors (Lipinski definition) is 9. The first-order valence-corrected chi connectivity index (χ1v) is 10.6. The molecule has 0 amide bonds. The van der Waals surface area contributed by atoms with Crippen LogP contribution in [0.4, 0.5) is 0 Å². The second-order valence-corrected chi connectivity index (χ2v) is 9.32. The van der Waals surface area contributed by atoms with Crippen molar-refractivity contribution in [3.05, 3.63) is 41.0 Å². The molecule has 28 heavy (non-hydrogen) atoms. The number of sulfone groups is 1. The number of carbonyl (C=O) groups is 1. The van der Waals surface area contributed by atoms with Gasteiger partial charge in [0.25, 0.3) is 10.1 Å². The van der Waals surface area contributed by atoms with Crippen LogP contribution in [-0.4, -0.2) is 59.1 Å². The van der Waals surface area contributed by atoms with Crippen molar-refractivity contribution in [2.75, 3.05) is 6.26 Å². The average molecular weight is 434 g/mol. The Labute approximate surface area is 158 Å². The van der Waals surface area contributed by atoms with Gasteiger partial charge in [-0.05, 0) is 18.2 Å². The molecule has 152 valence electrons. The van der Waals surface area contributed by atoms with Crippen molar-refractivity contribution >= 4 is 25.9 Å². The predicted molar refractivity (Wildman–Crippen MR) is 93.0 cm³/mol. The number of phenols is 4. The van der Waals surface area contributed by atoms with Crippen molar-refractivity contribution < 1.29 is 51.7 Å². The van der Waals surface area contributed by atoms with Gasteiger partial charge in [-0.1, -0.05) is 0 Å². The van der Waals surface area contributed by atoms with Crippen molar-refractivity contribution in [2.24, 2.45) is 0 Å². The van der Waals surface area contributed by atoms with Gasteiger partial charge >= 0.3 is 5.97 Å². The second-order valence-electron chi connectivity index (χ2n) is 5.80. The maximum absolute atomic E-state index is 12.3. The molecule has 13 heteroatoms. The predicted octanol–water partition coefficient (Wildman–Crippen LogP) is 0.588. The molecule has 2 aromatic carbocycles. The van der Waals surface area contributed by atoms with Crippen LogP contribution in [0, 0.1) is 0 Å². The fourth-order valence-electron chi connectivity index (χ4n) is 2.62. The van der Waals surface area contributed by atoms with E-state index >= 15 is 0 Å². The number of hydrogen-bond donors (Lipinski definition) is 6. The van der Waals surface area contributed by atoms with Crippen molar-refractivity contribution in [2.45, 2.75) is 10.1 Å². The molecule has 0 aromatic heterocycles. The lowest BCUT2D eigenvalue weighted by Crippen LogP contribution is -2.15. The summed E-state index contributed by atoms with van der Waals surface area (Å²) in [5.74, 6) is -5.53. The van der Waals surface area contributed by atoms with E-state index in [0.717, 1.165) is 6.07 Å². The van der Waals surface area contributed by atoms with Gasteiger partial charge in [0.15, 0.2) is 9.84 Å². The van der Waals surface area contributed by atoms with E-state index in [4.69, 9.17) is 9.66 Å². The third-order valence-corrected chi connectivity index (χ3v) is 5.98. The maximum atomic E-state index is 12.3. The molecule has 0 radical (unpaired) electrons. The van der Waals surface area contributed by atoms with Crippen LogP contribution in [-0.2, 0) is 20.0 Å². The fourth-order valence-corrected chi connectivity index (χ4v) is 4.50. The molecule has 0 aliphatic heterocycles. The molecule has 0 bridgehead atoms. The molecule has 1 unspecified atom stereocenters. The Kier molecular flexibility index (Phi) is 5.20. The molecular weight excluding hydrogens is 420 g/mol. The number of phenolic OH excluding ortho intramolecular Hbond substituents is 3. The van der Waals surface area contributed by atoms with Crippen molar-refractivity contribution in [1.29, 1.82) is 0 Å². The highest BCUT2D eigenvalue weighted by atomic mass is 32.2. The molecule has 0 fully saturated rings. The van der Waals surface area contributed by atoms with Crippen molar-refractivity contribution in [3.63, 3.8) is 0 Å². The highest BCUT2D eigenvalue weighted by Gasteiger charge is 2.34. The lowest BCUT2D eigenvalue weighted by atomic mass is 9.99. The van der Waals surface area contributed by atoms with Crippen LogP contribution in [0.25, 0.3) is 0 Å². The summed E-state index contributed by atoms with van der Waals surface area (Å²) >= 11 is 0. The van der Waals surface area contributed by atoms with Gasteiger partial charge in [-0.15, -0.1) is 0 Å². The van der Waals surface area contributed by atoms with Gasteiger partial charge in [0, 0.05) is 23.4 Å². The smallest absolute Gasteiger partial charge is 0.339 e. The monoisotopic (exact) mass is 434 g/mol. The van der Waals surface area contributed by atoms with Crippen molar-refractivity contribution in [1.82, 2.24) is 0 Å². The Morgan fingerprint density at radius 1 is 0.893 bits per heavy atom. The summed E-state index contributed by atoms with van der Waals surface area (Å²) in [7, 11) is -9.25. The third-order valence-electron chi connectivity index (χ3n) is 3.73. The Morgan fingerprint density at radius 3 is 1.93 bits per heavy atom. The molecule has 6 N–H and O–H groups in total. The van der Waals surface area contributed by atoms with Gasteiger partial charge < -0.3 is 25.5 Å². The normalized spacial score (nSPS) is 13.2. The molecule has 0 heterocycles. The summed E-state index contributed by atoms with van der Waals surface area (Å²) in [5, 5.41) is 46.9. The Hall–Kier alpha value is -3.03. The van der Waals surface area contributed by atoms with E-state index in [1.165, 1.54) is 0 Å². The van der Waals surface area contributed by atoms with Gasteiger partial charge in [0.2, 0.25) is 0 Å². The molecule has 0 saturated heterocycles. The third kappa shape index (κ3) is 3.95. The Bertz CT molecular complexity index is 1180. The van der Waals surface area contributed by atoms with Gasteiger partial charge in [0.05, 0.1) is 0 Å². The lowest BCUT2D eigenvalue weighted by molar-refractivity contribution is 0.0693. The minimum atomic E-state index is -4.96. The molecule has 0 spiro atoms. The zero-order valence-electron chi connectivity index (χ0n) is 13.9. The van der Waals surface area contributed by atoms with E-state index in [9.17, 15) is 42.1 Å². The topological polar surface area (TPSA) is 207 Å². The average Bonchev–Trinajstić information content (AvgIpc) is 2.50. The van der Waals surface area contributed by atoms with Gasteiger partial charge in [-0.3, -0.25) is 4.55 Å². The quantitative estimate of drug-likeness (QED) is 0.283. The molecule has 11 nitrogen and oxygen atoms in total. The number of carboxylic acid groups (broad SMARTS) is 1. The van der Waals surface area contributed by atoms with Crippen LogP contribution in [0.2, 0.25) is 0 Å². The highest BCUT2D eigenvalue weighted by molar-refractivity contribution is 7.91. The van der Waals surface area contributed by atoms with Crippen LogP contribution in [0.3, 0.4) is 0 Å². The Morgan fingerprint density at radius 2 is 1.46 bits per heavy atom. The summed E-state index contributed by atoms with van der Waals surface area (Å²) in [6.45, 7) is 0. The summed E-state index contributed by atoms with van der Waals surface area (Å²) in [5.41, 5.74) is -2.11. The maximum Gasteiger partial charge on any atom is 0.339 e. The molecule has 2 rings (SSSR count). The molecule has 1 atom stereocenters. The van der Waals surface area contributed by atoms with Crippen LogP contribution < -0.4 is 0 Å². The van der Waals surface area contributed by atoms with Gasteiger partial charge in [-0.25, -0.2) is 13.2 Å². The first kappa shape index (κ1) is 21.3. The minimum Gasteiger partial charge on any atom is -0.508 e. The highest BCUT2D eigenvalue weighted by Crippen LogP contribution is 2.44. The van der Waals surface area contributed by atoms with Gasteiger partial charge in [0.1, 0.15) is 38.7 Å². The SMILES string of the molecule is CS(=O)(=O)C(c1cc(O)c(S(=O)(=O)O)cc1O)c1cc(O)cc(C(=O)O)c1O. The number of aromatic carboxylic acids is 1. The van der Waals surface area contributed by atoms with E-state index < -0.39 is 75.8 Å². The summed E-state index contributed by atoms with van der Waals surface area (Å²) in [6.07, 6.45) is 0.661. The standard InChI is InChI=1S/C15H14O11S2/c1-27(22,23)14(8-2-6(16)3-9(13(8)19)15(20)21)7-4-11(18)12(5-10(7)17)28(24,25)26/h2-5,14,16-19H,1H3,(H,20,21)(H,24,25,26). The molecular formula is C15H14O11S2.